The minimum Gasteiger partial charge on any atom is -0.496 e. The zero-order valence-electron chi connectivity index (χ0n) is 12.2. The van der Waals surface area contributed by atoms with E-state index < -0.39 is 21.4 Å². The number of methoxy groups -OCH3 is 1. The molecule has 0 aliphatic heterocycles. The Balaban J connectivity index is 3.18. The molecule has 8 heteroatoms. The lowest BCUT2D eigenvalue weighted by molar-refractivity contribution is 0.0693. The minimum absolute atomic E-state index is 0.00863. The second-order valence-electron chi connectivity index (χ2n) is 5.76. The van der Waals surface area contributed by atoms with Gasteiger partial charge in [-0.05, 0) is 11.5 Å². The van der Waals surface area contributed by atoms with E-state index in [9.17, 15) is 13.2 Å². The van der Waals surface area contributed by atoms with Crippen molar-refractivity contribution in [1.82, 2.24) is 0 Å². The summed E-state index contributed by atoms with van der Waals surface area (Å²) >= 11 is 5.93. The van der Waals surface area contributed by atoms with Gasteiger partial charge < -0.3 is 9.84 Å². The molecule has 0 unspecified atom stereocenters. The first-order valence-corrected chi connectivity index (χ1v) is 8.09. The van der Waals surface area contributed by atoms with Crippen LogP contribution in [0, 0.1) is 5.41 Å². The number of hydrogen-bond donors (Lipinski definition) is 2. The normalized spacial score (nSPS) is 12.0. The molecule has 0 heterocycles. The molecular formula is C13H18ClNO5S. The second kappa shape index (κ2) is 6.11. The van der Waals surface area contributed by atoms with Crippen molar-refractivity contribution in [3.05, 3.63) is 22.7 Å². The highest BCUT2D eigenvalue weighted by molar-refractivity contribution is 7.92. The van der Waals surface area contributed by atoms with Crippen LogP contribution in [0.3, 0.4) is 0 Å². The van der Waals surface area contributed by atoms with Crippen molar-refractivity contribution in [1.29, 1.82) is 0 Å². The van der Waals surface area contributed by atoms with Crippen LogP contribution in [0.4, 0.5) is 5.69 Å². The van der Waals surface area contributed by atoms with Gasteiger partial charge >= 0.3 is 5.97 Å². The maximum atomic E-state index is 12.1. The van der Waals surface area contributed by atoms with Crippen molar-refractivity contribution in [2.45, 2.75) is 20.8 Å². The molecule has 118 valence electrons. The van der Waals surface area contributed by atoms with Gasteiger partial charge in [-0.3, -0.25) is 4.72 Å². The van der Waals surface area contributed by atoms with Gasteiger partial charge in [-0.15, -0.1) is 0 Å². The van der Waals surface area contributed by atoms with Crippen molar-refractivity contribution >= 4 is 33.3 Å². The predicted molar refractivity (Wildman–Crippen MR) is 81.8 cm³/mol. The van der Waals surface area contributed by atoms with Gasteiger partial charge in [-0.25, -0.2) is 13.2 Å². The molecule has 0 aliphatic rings. The number of ether oxygens (including phenoxy) is 1. The van der Waals surface area contributed by atoms with Crippen molar-refractivity contribution in [2.24, 2.45) is 5.41 Å². The number of benzene rings is 1. The molecule has 1 aromatic rings. The Bertz CT molecular complexity index is 649. The monoisotopic (exact) mass is 335 g/mol. The fourth-order valence-electron chi connectivity index (χ4n) is 1.74. The average molecular weight is 336 g/mol. The van der Waals surface area contributed by atoms with Crippen LogP contribution in [-0.2, 0) is 10.0 Å². The third kappa shape index (κ3) is 5.09. The van der Waals surface area contributed by atoms with E-state index in [2.05, 4.69) is 4.72 Å². The number of nitrogens with one attached hydrogen (secondary N) is 1. The number of sulfonamides is 1. The van der Waals surface area contributed by atoms with Crippen molar-refractivity contribution in [2.75, 3.05) is 17.6 Å². The molecule has 0 aromatic heterocycles. The molecule has 2 N–H and O–H groups in total. The highest BCUT2D eigenvalue weighted by Gasteiger charge is 2.23. The highest BCUT2D eigenvalue weighted by atomic mass is 35.5. The van der Waals surface area contributed by atoms with Crippen LogP contribution in [-0.4, -0.2) is 32.4 Å². The van der Waals surface area contributed by atoms with Gasteiger partial charge in [0.15, 0.2) is 0 Å². The molecule has 6 nitrogen and oxygen atoms in total. The average Bonchev–Trinajstić information content (AvgIpc) is 2.27. The lowest BCUT2D eigenvalue weighted by atomic mass is 10.0. The van der Waals surface area contributed by atoms with Gasteiger partial charge in [0.2, 0.25) is 10.0 Å². The fourth-order valence-corrected chi connectivity index (χ4v) is 3.72. The summed E-state index contributed by atoms with van der Waals surface area (Å²) in [6.45, 7) is 5.38. The van der Waals surface area contributed by atoms with Crippen molar-refractivity contribution in [3.8, 4) is 5.75 Å². The fraction of sp³-hybridized carbons (Fsp3) is 0.462. The van der Waals surface area contributed by atoms with Crippen molar-refractivity contribution < 1.29 is 23.1 Å². The van der Waals surface area contributed by atoms with Gasteiger partial charge in [0.05, 0.1) is 23.6 Å². The lowest BCUT2D eigenvalue weighted by Crippen LogP contribution is -2.26. The van der Waals surface area contributed by atoms with Crippen LogP contribution in [0.25, 0.3) is 0 Å². The molecule has 0 saturated carbocycles. The topological polar surface area (TPSA) is 92.7 Å². The van der Waals surface area contributed by atoms with E-state index in [0.29, 0.717) is 0 Å². The highest BCUT2D eigenvalue weighted by Crippen LogP contribution is 2.32. The Morgan fingerprint density at radius 2 is 1.95 bits per heavy atom. The van der Waals surface area contributed by atoms with Crippen LogP contribution in [0.2, 0.25) is 5.02 Å². The number of anilines is 1. The Labute approximate surface area is 129 Å². The number of rotatable bonds is 5. The Morgan fingerprint density at radius 1 is 1.38 bits per heavy atom. The van der Waals surface area contributed by atoms with E-state index in [-0.39, 0.29) is 27.8 Å². The number of carboxylic acid groups (broad SMARTS) is 1. The van der Waals surface area contributed by atoms with Crippen LogP contribution in [0.5, 0.6) is 5.75 Å². The van der Waals surface area contributed by atoms with Crippen LogP contribution < -0.4 is 9.46 Å². The molecule has 0 fully saturated rings. The number of aromatic carboxylic acids is 1. The van der Waals surface area contributed by atoms with E-state index >= 15 is 0 Å². The quantitative estimate of drug-likeness (QED) is 0.863. The van der Waals surface area contributed by atoms with E-state index in [1.165, 1.54) is 13.2 Å². The maximum Gasteiger partial charge on any atom is 0.339 e. The first-order valence-electron chi connectivity index (χ1n) is 6.06. The first kappa shape index (κ1) is 17.6. The summed E-state index contributed by atoms with van der Waals surface area (Å²) in [5.41, 5.74) is -0.479. The van der Waals surface area contributed by atoms with Gasteiger partial charge in [-0.2, -0.15) is 0 Å². The zero-order valence-corrected chi connectivity index (χ0v) is 13.8. The van der Waals surface area contributed by atoms with Crippen LogP contribution >= 0.6 is 11.6 Å². The zero-order chi connectivity index (χ0) is 16.4. The molecule has 0 aliphatic carbocycles. The number of hydrogen-bond acceptors (Lipinski definition) is 4. The molecule has 21 heavy (non-hydrogen) atoms. The van der Waals surface area contributed by atoms with Crippen molar-refractivity contribution in [3.63, 3.8) is 0 Å². The van der Waals surface area contributed by atoms with Gasteiger partial charge in [0.1, 0.15) is 11.3 Å². The third-order valence-corrected chi connectivity index (χ3v) is 4.50. The Morgan fingerprint density at radius 3 is 2.38 bits per heavy atom. The predicted octanol–water partition coefficient (Wildman–Crippen LogP) is 2.83. The number of carboxylic acids is 1. The number of halogens is 1. The summed E-state index contributed by atoms with van der Waals surface area (Å²) in [6, 6.07) is 2.41. The van der Waals surface area contributed by atoms with Crippen LogP contribution in [0.1, 0.15) is 31.1 Å². The summed E-state index contributed by atoms with van der Waals surface area (Å²) in [6.07, 6.45) is 0. The van der Waals surface area contributed by atoms with E-state index in [4.69, 9.17) is 21.4 Å². The molecule has 0 bridgehead atoms. The summed E-state index contributed by atoms with van der Waals surface area (Å²) < 4.78 is 31.4. The molecule has 1 rings (SSSR count). The molecular weight excluding hydrogens is 318 g/mol. The van der Waals surface area contributed by atoms with E-state index in [1.807, 2.05) is 0 Å². The lowest BCUT2D eigenvalue weighted by Gasteiger charge is -2.19. The SMILES string of the molecule is COc1cc(NS(=O)(=O)CC(C)(C)C)c(Cl)cc1C(=O)O. The summed E-state index contributed by atoms with van der Waals surface area (Å²) in [5.74, 6) is -1.28. The second-order valence-corrected chi connectivity index (χ2v) is 7.89. The smallest absolute Gasteiger partial charge is 0.339 e. The Hall–Kier alpha value is -1.47. The first-order chi connectivity index (χ1) is 9.45. The van der Waals surface area contributed by atoms with Gasteiger partial charge in [0, 0.05) is 6.07 Å². The molecule has 0 spiro atoms. The largest absolute Gasteiger partial charge is 0.496 e. The molecule has 0 radical (unpaired) electrons. The summed E-state index contributed by atoms with van der Waals surface area (Å²) in [4.78, 5) is 11.0. The molecule has 0 atom stereocenters. The molecule has 0 amide bonds. The van der Waals surface area contributed by atoms with E-state index in [1.54, 1.807) is 20.8 Å². The van der Waals surface area contributed by atoms with Gasteiger partial charge in [-0.1, -0.05) is 32.4 Å². The summed E-state index contributed by atoms with van der Waals surface area (Å²) in [7, 11) is -2.32. The minimum atomic E-state index is -3.61. The summed E-state index contributed by atoms with van der Waals surface area (Å²) in [5, 5.41) is 9.01. The van der Waals surface area contributed by atoms with Crippen LogP contribution in [0.15, 0.2) is 12.1 Å². The Kier molecular flexibility index (Phi) is 5.11. The maximum absolute atomic E-state index is 12.1. The van der Waals surface area contributed by atoms with Gasteiger partial charge in [0.25, 0.3) is 0 Å². The standard InChI is InChI=1S/C13H18ClNO5S/c1-13(2,3)7-21(18,19)15-10-6-11(20-4)8(12(16)17)5-9(10)14/h5-6,15H,7H2,1-4H3,(H,16,17). The number of carbonyl (C=O) groups is 1. The van der Waals surface area contributed by atoms with E-state index in [0.717, 1.165) is 6.07 Å². The third-order valence-electron chi connectivity index (χ3n) is 2.41. The molecule has 1 aromatic carbocycles. The molecule has 0 saturated heterocycles.